The van der Waals surface area contributed by atoms with Crippen molar-refractivity contribution in [2.75, 3.05) is 46.9 Å². The first-order valence-electron chi connectivity index (χ1n) is 7.76. The Morgan fingerprint density at radius 2 is 1.57 bits per heavy atom. The highest BCUT2D eigenvalue weighted by Gasteiger charge is 2.09. The van der Waals surface area contributed by atoms with E-state index in [4.69, 9.17) is 9.84 Å². The maximum absolute atomic E-state index is 11.6. The van der Waals surface area contributed by atoms with Gasteiger partial charge in [0.2, 0.25) is 0 Å². The van der Waals surface area contributed by atoms with Crippen LogP contribution in [0.2, 0.25) is 0 Å². The van der Waals surface area contributed by atoms with Gasteiger partial charge in [-0.15, -0.1) is 0 Å². The van der Waals surface area contributed by atoms with Crippen LogP contribution in [0.25, 0.3) is 0 Å². The van der Waals surface area contributed by atoms with E-state index in [0.29, 0.717) is 18.6 Å². The number of carboxylic acid groups (broad SMARTS) is 1. The first-order chi connectivity index (χ1) is 10.6. The summed E-state index contributed by atoms with van der Waals surface area (Å²) in [6, 6.07) is 0. The Morgan fingerprint density at radius 1 is 1.09 bits per heavy atom. The number of ether oxygens (including phenoxy) is 1. The second-order valence-corrected chi connectivity index (χ2v) is 5.41. The topological polar surface area (TPSA) is 70.1 Å². The van der Waals surface area contributed by atoms with Gasteiger partial charge in [-0.2, -0.15) is 0 Å². The molecule has 0 spiro atoms. The van der Waals surface area contributed by atoms with Crippen molar-refractivity contribution in [3.05, 3.63) is 24.3 Å². The fraction of sp³-hybridized carbons (Fsp3) is 0.647. The van der Waals surface area contributed by atoms with Crippen molar-refractivity contribution in [1.29, 1.82) is 0 Å². The van der Waals surface area contributed by atoms with Crippen molar-refractivity contribution < 1.29 is 19.4 Å². The van der Waals surface area contributed by atoms with E-state index in [-0.39, 0.29) is 11.5 Å². The van der Waals surface area contributed by atoms with E-state index >= 15 is 0 Å². The molecule has 0 saturated carbocycles. The molecule has 6 heteroatoms. The first kappa shape index (κ1) is 23.6. The molecule has 0 aliphatic carbocycles. The molecule has 0 aromatic heterocycles. The molecule has 23 heavy (non-hydrogen) atoms. The summed E-state index contributed by atoms with van der Waals surface area (Å²) in [5, 5.41) is 7.89. The molecule has 0 aromatic rings. The van der Waals surface area contributed by atoms with Crippen molar-refractivity contribution in [1.82, 2.24) is 9.80 Å². The van der Waals surface area contributed by atoms with Gasteiger partial charge in [0.1, 0.15) is 6.61 Å². The molecule has 0 aliphatic heterocycles. The molecule has 0 rings (SSSR count). The first-order valence-corrected chi connectivity index (χ1v) is 7.76. The summed E-state index contributed by atoms with van der Waals surface area (Å²) >= 11 is 0. The van der Waals surface area contributed by atoms with E-state index in [1.54, 1.807) is 0 Å². The lowest BCUT2D eigenvalue weighted by Crippen LogP contribution is -2.28. The summed E-state index contributed by atoms with van der Waals surface area (Å²) in [5.74, 6) is -1.20. The second-order valence-electron chi connectivity index (χ2n) is 5.41. The van der Waals surface area contributed by atoms with E-state index in [2.05, 4.69) is 31.9 Å². The molecule has 0 heterocycles. The zero-order chi connectivity index (χ0) is 18.4. The van der Waals surface area contributed by atoms with Crippen LogP contribution in [-0.2, 0) is 14.3 Å². The molecule has 6 nitrogen and oxygen atoms in total. The highest BCUT2D eigenvalue weighted by molar-refractivity contribution is 5.87. The number of carbonyl (C=O) groups excluding carboxylic acids is 1. The number of carboxylic acids is 1. The van der Waals surface area contributed by atoms with Crippen LogP contribution in [0.3, 0.4) is 0 Å². The lowest BCUT2D eigenvalue weighted by Gasteiger charge is -2.18. The average Bonchev–Trinajstić information content (AvgIpc) is 2.49. The molecule has 0 fully saturated rings. The third-order valence-corrected chi connectivity index (χ3v) is 3.05. The van der Waals surface area contributed by atoms with Gasteiger partial charge in [-0.3, -0.25) is 0 Å². The molecular weight excluding hydrogens is 296 g/mol. The number of carbonyl (C=O) groups is 2. The highest BCUT2D eigenvalue weighted by Crippen LogP contribution is 2.02. The Labute approximate surface area is 140 Å². The molecule has 0 saturated heterocycles. The number of likely N-dealkylation sites (N-methyl/N-ethyl adjacent to an activating group) is 1. The predicted octanol–water partition coefficient (Wildman–Crippen LogP) is 2.03. The van der Waals surface area contributed by atoms with Crippen LogP contribution < -0.4 is 0 Å². The zero-order valence-electron chi connectivity index (χ0n) is 15.2. The van der Waals surface area contributed by atoms with Crippen molar-refractivity contribution >= 4 is 11.9 Å². The molecule has 0 bridgehead atoms. The smallest absolute Gasteiger partial charge is 0.333 e. The highest BCUT2D eigenvalue weighted by atomic mass is 16.5. The Morgan fingerprint density at radius 3 is 1.91 bits per heavy atom. The van der Waals surface area contributed by atoms with Gasteiger partial charge in [0, 0.05) is 24.2 Å². The van der Waals surface area contributed by atoms with Gasteiger partial charge in [0.25, 0.3) is 0 Å². The van der Waals surface area contributed by atoms with Crippen molar-refractivity contribution in [2.45, 2.75) is 27.2 Å². The minimum Gasteiger partial charge on any atom is -0.478 e. The molecule has 0 amide bonds. The number of esters is 1. The molecule has 0 atom stereocenters. The van der Waals surface area contributed by atoms with Gasteiger partial charge in [-0.25, -0.2) is 9.59 Å². The molecule has 0 unspecified atom stereocenters. The van der Waals surface area contributed by atoms with E-state index < -0.39 is 5.97 Å². The Bertz CT molecular complexity index is 376. The van der Waals surface area contributed by atoms with E-state index in [9.17, 15) is 9.59 Å². The Kier molecular flexibility index (Phi) is 14.3. The van der Waals surface area contributed by atoms with Crippen LogP contribution in [0.5, 0.6) is 0 Å². The van der Waals surface area contributed by atoms with Gasteiger partial charge in [0.15, 0.2) is 0 Å². The summed E-state index contributed by atoms with van der Waals surface area (Å²) < 4.78 is 5.17. The second kappa shape index (κ2) is 14.0. The van der Waals surface area contributed by atoms with E-state index in [0.717, 1.165) is 26.2 Å². The van der Waals surface area contributed by atoms with Gasteiger partial charge in [-0.1, -0.05) is 27.0 Å². The van der Waals surface area contributed by atoms with Crippen molar-refractivity contribution in [3.8, 4) is 0 Å². The van der Waals surface area contributed by atoms with Crippen molar-refractivity contribution in [3.63, 3.8) is 0 Å². The summed E-state index contributed by atoms with van der Waals surface area (Å²) in [4.78, 5) is 25.4. The van der Waals surface area contributed by atoms with E-state index in [1.165, 1.54) is 6.92 Å². The average molecular weight is 328 g/mol. The molecule has 134 valence electrons. The van der Waals surface area contributed by atoms with Crippen LogP contribution in [0, 0.1) is 0 Å². The quantitative estimate of drug-likeness (QED) is 0.489. The third kappa shape index (κ3) is 15.0. The number of nitrogens with zero attached hydrogens (tertiary/aromatic N) is 2. The number of hydrogen-bond donors (Lipinski definition) is 1. The normalized spacial score (nSPS) is 10.0. The maximum Gasteiger partial charge on any atom is 0.333 e. The predicted molar refractivity (Wildman–Crippen MR) is 93.5 cm³/mol. The fourth-order valence-corrected chi connectivity index (χ4v) is 1.37. The maximum atomic E-state index is 11.6. The van der Waals surface area contributed by atoms with Crippen LogP contribution in [-0.4, -0.2) is 73.7 Å². The lowest BCUT2D eigenvalue weighted by molar-refractivity contribution is -0.139. The monoisotopic (exact) mass is 328 g/mol. The summed E-state index contributed by atoms with van der Waals surface area (Å²) in [6.07, 6.45) is 0.664. The van der Waals surface area contributed by atoms with Crippen LogP contribution >= 0.6 is 0 Å². The minimum absolute atomic E-state index is 0.176. The molecule has 0 aliphatic rings. The number of aliphatic carboxylic acids is 1. The van der Waals surface area contributed by atoms with Gasteiger partial charge >= 0.3 is 11.9 Å². The summed E-state index contributed by atoms with van der Waals surface area (Å²) in [6.45, 7) is 16.6. The van der Waals surface area contributed by atoms with E-state index in [1.807, 2.05) is 19.0 Å². The fourth-order valence-electron chi connectivity index (χ4n) is 1.37. The molecule has 1 N–H and O–H groups in total. The summed E-state index contributed by atoms with van der Waals surface area (Å²) in [7, 11) is 3.94. The zero-order valence-corrected chi connectivity index (χ0v) is 15.2. The van der Waals surface area contributed by atoms with Crippen molar-refractivity contribution in [2.24, 2.45) is 0 Å². The lowest BCUT2D eigenvalue weighted by atomic mass is 10.2. The van der Waals surface area contributed by atoms with Gasteiger partial charge in [0.05, 0.1) is 0 Å². The minimum atomic E-state index is -0.935. The Balaban J connectivity index is 0. The largest absolute Gasteiger partial charge is 0.478 e. The molecular formula is C17H32N2O4. The van der Waals surface area contributed by atoms with Gasteiger partial charge in [-0.05, 0) is 40.5 Å². The SMILES string of the molecule is C=C(C)C(=O)O.C=C(CCN(C)C)C(=O)OCCN(CC)CC. The number of rotatable bonds is 10. The van der Waals surface area contributed by atoms with Crippen LogP contribution in [0.1, 0.15) is 27.2 Å². The van der Waals surface area contributed by atoms with Gasteiger partial charge < -0.3 is 19.6 Å². The van der Waals surface area contributed by atoms with Crippen LogP contribution in [0.4, 0.5) is 0 Å². The van der Waals surface area contributed by atoms with Crippen LogP contribution in [0.15, 0.2) is 24.3 Å². The number of hydrogen-bond acceptors (Lipinski definition) is 5. The molecule has 0 radical (unpaired) electrons. The Hall–Kier alpha value is -1.66. The third-order valence-electron chi connectivity index (χ3n) is 3.05. The molecule has 0 aromatic carbocycles. The standard InChI is InChI=1S/C13H26N2O2.C4H6O2/c1-6-15(7-2)10-11-17-13(16)12(3)8-9-14(4)5;1-3(2)4(5)6/h3,6-11H2,1-2,4-5H3;1H2,2H3,(H,5,6). The summed E-state index contributed by atoms with van der Waals surface area (Å²) in [5.41, 5.74) is 0.730.